The molecular weight excluding hydrogens is 247 g/mol. The molecule has 1 aliphatic heterocycles. The lowest BCUT2D eigenvalue weighted by Gasteiger charge is -2.29. The van der Waals surface area contributed by atoms with Gasteiger partial charge in [0.25, 0.3) is 0 Å². The zero-order valence-corrected chi connectivity index (χ0v) is 9.52. The molecule has 1 atom stereocenters. The molecule has 1 saturated heterocycles. The van der Waals surface area contributed by atoms with Crippen LogP contribution in [0.15, 0.2) is 12.1 Å². The summed E-state index contributed by atoms with van der Waals surface area (Å²) in [5.41, 5.74) is 0.500. The van der Waals surface area contributed by atoms with E-state index in [2.05, 4.69) is 5.32 Å². The van der Waals surface area contributed by atoms with E-state index in [9.17, 15) is 4.39 Å². The van der Waals surface area contributed by atoms with Gasteiger partial charge in [-0.3, -0.25) is 0 Å². The maximum absolute atomic E-state index is 13.3. The second kappa shape index (κ2) is 4.67. The van der Waals surface area contributed by atoms with Gasteiger partial charge in [-0.05, 0) is 25.1 Å². The normalized spacial score (nSPS) is 19.8. The summed E-state index contributed by atoms with van der Waals surface area (Å²) in [5.74, 6) is -0.286. The standard InChI is InChI=1S/C9H8Cl2FN.ClH/c10-5-1-2-6(12)8(9(5)11)7-3-4-13-7;/h1-2,7,13H,3-4H2;1H/t7-;/m0./s1. The molecule has 0 aliphatic carbocycles. The first-order chi connectivity index (χ1) is 6.20. The first kappa shape index (κ1) is 12.1. The topological polar surface area (TPSA) is 12.0 Å². The van der Waals surface area contributed by atoms with Crippen molar-refractivity contribution in [3.05, 3.63) is 33.6 Å². The number of hydrogen-bond donors (Lipinski definition) is 1. The van der Waals surface area contributed by atoms with E-state index in [-0.39, 0.29) is 24.3 Å². The minimum Gasteiger partial charge on any atom is -0.310 e. The van der Waals surface area contributed by atoms with Gasteiger partial charge in [0.2, 0.25) is 0 Å². The predicted molar refractivity (Wildman–Crippen MR) is 59.0 cm³/mol. The maximum atomic E-state index is 13.3. The fourth-order valence-corrected chi connectivity index (χ4v) is 1.85. The first-order valence-electron chi connectivity index (χ1n) is 4.07. The van der Waals surface area contributed by atoms with Gasteiger partial charge in [0.1, 0.15) is 5.82 Å². The third-order valence-corrected chi connectivity index (χ3v) is 3.07. The molecule has 1 aromatic rings. The van der Waals surface area contributed by atoms with Crippen LogP contribution in [0.2, 0.25) is 10.0 Å². The van der Waals surface area contributed by atoms with Gasteiger partial charge in [0.05, 0.1) is 10.0 Å². The number of halogens is 4. The van der Waals surface area contributed by atoms with Crippen molar-refractivity contribution in [2.75, 3.05) is 6.54 Å². The third kappa shape index (κ3) is 1.98. The van der Waals surface area contributed by atoms with Crippen LogP contribution in [0.3, 0.4) is 0 Å². The molecule has 0 spiro atoms. The molecular formula is C9H9Cl3FN. The predicted octanol–water partition coefficient (Wildman–Crippen LogP) is 3.59. The van der Waals surface area contributed by atoms with Crippen molar-refractivity contribution in [3.63, 3.8) is 0 Å². The molecule has 1 heterocycles. The summed E-state index contributed by atoms with van der Waals surface area (Å²) >= 11 is 11.7. The lowest BCUT2D eigenvalue weighted by Crippen LogP contribution is -2.35. The van der Waals surface area contributed by atoms with E-state index in [1.807, 2.05) is 0 Å². The van der Waals surface area contributed by atoms with Crippen molar-refractivity contribution < 1.29 is 4.39 Å². The monoisotopic (exact) mass is 255 g/mol. The second-order valence-electron chi connectivity index (χ2n) is 3.05. The number of nitrogens with one attached hydrogen (secondary N) is 1. The van der Waals surface area contributed by atoms with Crippen LogP contribution in [0.1, 0.15) is 18.0 Å². The molecule has 0 saturated carbocycles. The van der Waals surface area contributed by atoms with Gasteiger partial charge in [-0.2, -0.15) is 0 Å². The highest BCUT2D eigenvalue weighted by molar-refractivity contribution is 6.42. The van der Waals surface area contributed by atoms with E-state index >= 15 is 0 Å². The van der Waals surface area contributed by atoms with Crippen LogP contribution in [0.4, 0.5) is 4.39 Å². The van der Waals surface area contributed by atoms with Crippen LogP contribution >= 0.6 is 35.6 Å². The minimum absolute atomic E-state index is 0. The summed E-state index contributed by atoms with van der Waals surface area (Å²) in [6.45, 7) is 0.910. The van der Waals surface area contributed by atoms with Gasteiger partial charge in [0, 0.05) is 11.6 Å². The van der Waals surface area contributed by atoms with Crippen molar-refractivity contribution >= 4 is 35.6 Å². The maximum Gasteiger partial charge on any atom is 0.129 e. The molecule has 1 aliphatic rings. The molecule has 0 radical (unpaired) electrons. The van der Waals surface area contributed by atoms with E-state index < -0.39 is 0 Å². The number of benzene rings is 1. The summed E-state index contributed by atoms with van der Waals surface area (Å²) in [7, 11) is 0. The van der Waals surface area contributed by atoms with E-state index in [1.165, 1.54) is 12.1 Å². The fourth-order valence-electron chi connectivity index (χ4n) is 1.40. The Bertz CT molecular complexity index is 339. The summed E-state index contributed by atoms with van der Waals surface area (Å²) in [4.78, 5) is 0. The van der Waals surface area contributed by atoms with Gasteiger partial charge in [-0.15, -0.1) is 12.4 Å². The van der Waals surface area contributed by atoms with E-state index in [1.54, 1.807) is 0 Å². The summed E-state index contributed by atoms with van der Waals surface area (Å²) < 4.78 is 13.3. The molecule has 1 nitrogen and oxygen atoms in total. The molecule has 0 bridgehead atoms. The average Bonchev–Trinajstić information content (AvgIpc) is 2.02. The van der Waals surface area contributed by atoms with Crippen molar-refractivity contribution in [1.82, 2.24) is 5.32 Å². The molecule has 14 heavy (non-hydrogen) atoms. The third-order valence-electron chi connectivity index (χ3n) is 2.25. The molecule has 2 rings (SSSR count). The number of hydrogen-bond acceptors (Lipinski definition) is 1. The Labute approximate surface area is 98.0 Å². The smallest absolute Gasteiger partial charge is 0.129 e. The highest BCUT2D eigenvalue weighted by atomic mass is 35.5. The largest absolute Gasteiger partial charge is 0.310 e. The lowest BCUT2D eigenvalue weighted by atomic mass is 9.97. The van der Waals surface area contributed by atoms with Gasteiger partial charge < -0.3 is 5.32 Å². The van der Waals surface area contributed by atoms with Crippen LogP contribution < -0.4 is 5.32 Å². The van der Waals surface area contributed by atoms with Crippen molar-refractivity contribution in [2.45, 2.75) is 12.5 Å². The van der Waals surface area contributed by atoms with Gasteiger partial charge >= 0.3 is 0 Å². The minimum atomic E-state index is -0.286. The van der Waals surface area contributed by atoms with Crippen LogP contribution in [-0.4, -0.2) is 6.54 Å². The summed E-state index contributed by atoms with van der Waals surface area (Å²) in [5, 5.41) is 3.83. The van der Waals surface area contributed by atoms with Crippen LogP contribution in [0.25, 0.3) is 0 Å². The van der Waals surface area contributed by atoms with Gasteiger partial charge in [-0.25, -0.2) is 4.39 Å². The molecule has 0 aromatic heterocycles. The summed E-state index contributed by atoms with van der Waals surface area (Å²) in [6, 6.07) is 2.86. The molecule has 78 valence electrons. The van der Waals surface area contributed by atoms with Crippen LogP contribution in [-0.2, 0) is 0 Å². The van der Waals surface area contributed by atoms with Crippen LogP contribution in [0.5, 0.6) is 0 Å². The van der Waals surface area contributed by atoms with Crippen molar-refractivity contribution in [1.29, 1.82) is 0 Å². The Hall–Kier alpha value is -0.0200. The van der Waals surface area contributed by atoms with E-state index in [4.69, 9.17) is 23.2 Å². The number of rotatable bonds is 1. The average molecular weight is 257 g/mol. The molecule has 5 heteroatoms. The highest BCUT2D eigenvalue weighted by Gasteiger charge is 2.25. The SMILES string of the molecule is Cl.Fc1ccc(Cl)c(Cl)c1[C@@H]1CCN1. The molecule has 1 aromatic carbocycles. The fraction of sp³-hybridized carbons (Fsp3) is 0.333. The molecule has 1 N–H and O–H groups in total. The van der Waals surface area contributed by atoms with Crippen molar-refractivity contribution in [3.8, 4) is 0 Å². The highest BCUT2D eigenvalue weighted by Crippen LogP contribution is 2.35. The molecule has 1 fully saturated rings. The summed E-state index contributed by atoms with van der Waals surface area (Å²) in [6.07, 6.45) is 0.914. The van der Waals surface area contributed by atoms with Crippen molar-refractivity contribution in [2.24, 2.45) is 0 Å². The zero-order chi connectivity index (χ0) is 9.42. The Morgan fingerprint density at radius 2 is 2.00 bits per heavy atom. The lowest BCUT2D eigenvalue weighted by molar-refractivity contribution is 0.370. The Morgan fingerprint density at radius 1 is 1.36 bits per heavy atom. The van der Waals surface area contributed by atoms with Gasteiger partial charge in [0.15, 0.2) is 0 Å². The zero-order valence-electron chi connectivity index (χ0n) is 7.19. The van der Waals surface area contributed by atoms with Gasteiger partial charge in [-0.1, -0.05) is 23.2 Å². The molecule has 0 amide bonds. The first-order valence-corrected chi connectivity index (χ1v) is 4.82. The Morgan fingerprint density at radius 3 is 2.50 bits per heavy atom. The quantitative estimate of drug-likeness (QED) is 0.757. The Balaban J connectivity index is 0.000000980. The Kier molecular flexibility index (Phi) is 4.02. The molecule has 0 unspecified atom stereocenters. The van der Waals surface area contributed by atoms with Crippen LogP contribution in [0, 0.1) is 5.82 Å². The van der Waals surface area contributed by atoms with E-state index in [0.717, 1.165) is 13.0 Å². The second-order valence-corrected chi connectivity index (χ2v) is 3.84. The van der Waals surface area contributed by atoms with E-state index in [0.29, 0.717) is 15.6 Å².